The van der Waals surface area contributed by atoms with Crippen molar-refractivity contribution in [1.29, 1.82) is 0 Å². The minimum atomic E-state index is -1.02. The first-order valence-electron chi connectivity index (χ1n) is 11.9. The van der Waals surface area contributed by atoms with E-state index in [-0.39, 0.29) is 0 Å². The van der Waals surface area contributed by atoms with Crippen molar-refractivity contribution in [2.75, 3.05) is 6.61 Å². The summed E-state index contributed by atoms with van der Waals surface area (Å²) in [6.45, 7) is 1.73. The number of carboxylic acids is 1. The fourth-order valence-electron chi connectivity index (χ4n) is 4.53. The van der Waals surface area contributed by atoms with E-state index in [2.05, 4.69) is 31.2 Å². The molecule has 1 aromatic heterocycles. The summed E-state index contributed by atoms with van der Waals surface area (Å²) in [4.78, 5) is 11.2. The molecule has 0 spiro atoms. The van der Waals surface area contributed by atoms with E-state index in [1.807, 2.05) is 83.5 Å². The van der Waals surface area contributed by atoms with Crippen molar-refractivity contribution in [2.24, 2.45) is 0 Å². The van der Waals surface area contributed by atoms with Gasteiger partial charge in [-0.1, -0.05) is 104 Å². The average molecular weight is 475 g/mol. The van der Waals surface area contributed by atoms with E-state index in [1.54, 1.807) is 6.07 Å². The van der Waals surface area contributed by atoms with Crippen LogP contribution in [0, 0.1) is 0 Å². The average Bonchev–Trinajstić information content (AvgIpc) is 3.32. The van der Waals surface area contributed by atoms with Crippen LogP contribution in [-0.4, -0.2) is 27.5 Å². The highest BCUT2D eigenvalue weighted by atomic mass is 16.5. The first-order valence-corrected chi connectivity index (χ1v) is 11.9. The molecule has 1 N–H and O–H groups in total. The number of para-hydroxylation sites is 2. The first-order chi connectivity index (χ1) is 17.7. The van der Waals surface area contributed by atoms with E-state index in [0.717, 1.165) is 51.3 Å². The van der Waals surface area contributed by atoms with Crippen LogP contribution in [0.4, 0.5) is 0 Å². The molecule has 0 bridgehead atoms. The molecule has 0 aliphatic carbocycles. The van der Waals surface area contributed by atoms with E-state index in [0.29, 0.717) is 5.75 Å². The number of benzene rings is 4. The van der Waals surface area contributed by atoms with Gasteiger partial charge in [-0.25, -0.2) is 9.48 Å². The molecule has 5 nitrogen and oxygen atoms in total. The molecule has 0 saturated carbocycles. The Hall–Kier alpha value is -4.64. The number of aromatic nitrogens is 2. The number of carboxylic acid groups (broad SMARTS) is 1. The molecule has 1 heterocycles. The van der Waals surface area contributed by atoms with Crippen LogP contribution in [-0.2, 0) is 11.2 Å². The molecule has 5 rings (SSSR count). The highest BCUT2D eigenvalue weighted by Crippen LogP contribution is 2.39. The van der Waals surface area contributed by atoms with E-state index in [1.165, 1.54) is 0 Å². The normalized spacial score (nSPS) is 10.8. The second kappa shape index (κ2) is 10.3. The zero-order valence-electron chi connectivity index (χ0n) is 20.0. The second-order valence-corrected chi connectivity index (χ2v) is 8.36. The van der Waals surface area contributed by atoms with Gasteiger partial charge in [0.1, 0.15) is 11.4 Å². The van der Waals surface area contributed by atoms with Gasteiger partial charge in [0.25, 0.3) is 0 Å². The van der Waals surface area contributed by atoms with Gasteiger partial charge in [-0.3, -0.25) is 0 Å². The SMILES string of the molecule is CCc1c(-c2ccccc2)c(-c2ccccc2)nn1-c1ccccc1-c1ccccc1OCC(=O)O. The van der Waals surface area contributed by atoms with Crippen LogP contribution in [0.15, 0.2) is 109 Å². The van der Waals surface area contributed by atoms with Gasteiger partial charge in [-0.15, -0.1) is 0 Å². The zero-order chi connectivity index (χ0) is 24.9. The van der Waals surface area contributed by atoms with Crippen molar-refractivity contribution in [3.8, 4) is 44.9 Å². The van der Waals surface area contributed by atoms with Gasteiger partial charge in [0.05, 0.1) is 11.4 Å². The van der Waals surface area contributed by atoms with Crippen LogP contribution in [0.1, 0.15) is 12.6 Å². The highest BCUT2D eigenvalue weighted by molar-refractivity contribution is 5.85. The maximum Gasteiger partial charge on any atom is 0.341 e. The lowest BCUT2D eigenvalue weighted by Gasteiger charge is -2.16. The number of hydrogen-bond acceptors (Lipinski definition) is 3. The lowest BCUT2D eigenvalue weighted by atomic mass is 9.97. The zero-order valence-corrected chi connectivity index (χ0v) is 20.0. The minimum Gasteiger partial charge on any atom is -0.481 e. The number of carbonyl (C=O) groups is 1. The predicted octanol–water partition coefficient (Wildman–Crippen LogP) is 6.90. The summed E-state index contributed by atoms with van der Waals surface area (Å²) < 4.78 is 7.66. The van der Waals surface area contributed by atoms with Crippen LogP contribution in [0.5, 0.6) is 5.75 Å². The molecule has 178 valence electrons. The van der Waals surface area contributed by atoms with Gasteiger partial charge < -0.3 is 9.84 Å². The Morgan fingerprint density at radius 2 is 1.36 bits per heavy atom. The molecule has 36 heavy (non-hydrogen) atoms. The Morgan fingerprint density at radius 3 is 2.03 bits per heavy atom. The Balaban J connectivity index is 1.74. The Morgan fingerprint density at radius 1 is 0.778 bits per heavy atom. The largest absolute Gasteiger partial charge is 0.481 e. The minimum absolute atomic E-state index is 0.405. The topological polar surface area (TPSA) is 64.4 Å². The quantitative estimate of drug-likeness (QED) is 0.266. The number of aliphatic carboxylic acids is 1. The Bertz CT molecular complexity index is 1490. The molecule has 0 saturated heterocycles. The molecule has 5 heteroatoms. The summed E-state index contributed by atoms with van der Waals surface area (Å²) in [5, 5.41) is 14.3. The first kappa shape index (κ1) is 23.1. The Kier molecular flexibility index (Phi) is 6.63. The third kappa shape index (κ3) is 4.51. The smallest absolute Gasteiger partial charge is 0.341 e. The van der Waals surface area contributed by atoms with Gasteiger partial charge in [0.15, 0.2) is 6.61 Å². The second-order valence-electron chi connectivity index (χ2n) is 8.36. The van der Waals surface area contributed by atoms with Crippen LogP contribution in [0.25, 0.3) is 39.2 Å². The molecule has 5 aromatic rings. The maximum atomic E-state index is 11.2. The van der Waals surface area contributed by atoms with Gasteiger partial charge in [0.2, 0.25) is 0 Å². The van der Waals surface area contributed by atoms with Crippen molar-refractivity contribution in [3.05, 3.63) is 115 Å². The third-order valence-corrected chi connectivity index (χ3v) is 6.09. The summed E-state index contributed by atoms with van der Waals surface area (Å²) in [5.41, 5.74) is 7.91. The molecule has 0 fully saturated rings. The summed E-state index contributed by atoms with van der Waals surface area (Å²) in [6.07, 6.45) is 0.773. The highest BCUT2D eigenvalue weighted by Gasteiger charge is 2.22. The standard InChI is InChI=1S/C31H26N2O3/c1-2-26-30(22-13-5-3-6-14-22)31(23-15-7-4-8-16-23)32-33(26)27-19-11-9-17-24(27)25-18-10-12-20-28(25)36-21-29(34)35/h3-20H,2,21H2,1H3,(H,34,35). The summed E-state index contributed by atoms with van der Waals surface area (Å²) in [5.74, 6) is -0.498. The molecule has 0 aliphatic heterocycles. The van der Waals surface area contributed by atoms with Crippen molar-refractivity contribution in [2.45, 2.75) is 13.3 Å². The van der Waals surface area contributed by atoms with Crippen LogP contribution in [0.3, 0.4) is 0 Å². The molecule has 0 aliphatic rings. The number of hydrogen-bond donors (Lipinski definition) is 1. The molecule has 0 atom stereocenters. The lowest BCUT2D eigenvalue weighted by Crippen LogP contribution is -2.10. The van der Waals surface area contributed by atoms with Gasteiger partial charge >= 0.3 is 5.97 Å². The van der Waals surface area contributed by atoms with E-state index < -0.39 is 12.6 Å². The van der Waals surface area contributed by atoms with Crippen LogP contribution in [0.2, 0.25) is 0 Å². The molecular weight excluding hydrogens is 448 g/mol. The van der Waals surface area contributed by atoms with Gasteiger partial charge in [0, 0.05) is 22.3 Å². The van der Waals surface area contributed by atoms with Gasteiger partial charge in [-0.05, 0) is 24.1 Å². The monoisotopic (exact) mass is 474 g/mol. The fraction of sp³-hybridized carbons (Fsp3) is 0.0968. The molecule has 0 unspecified atom stereocenters. The number of nitrogens with zero attached hydrogens (tertiary/aromatic N) is 2. The summed E-state index contributed by atoms with van der Waals surface area (Å²) in [7, 11) is 0. The van der Waals surface area contributed by atoms with Crippen LogP contribution < -0.4 is 4.74 Å². The van der Waals surface area contributed by atoms with Gasteiger partial charge in [-0.2, -0.15) is 5.10 Å². The fourth-order valence-corrected chi connectivity index (χ4v) is 4.53. The number of ether oxygens (including phenoxy) is 1. The Labute approximate surface area is 210 Å². The van der Waals surface area contributed by atoms with Crippen molar-refractivity contribution < 1.29 is 14.6 Å². The summed E-state index contributed by atoms with van der Waals surface area (Å²) in [6, 6.07) is 36.1. The van der Waals surface area contributed by atoms with Crippen molar-refractivity contribution >= 4 is 5.97 Å². The lowest BCUT2D eigenvalue weighted by molar-refractivity contribution is -0.139. The molecule has 0 radical (unpaired) electrons. The summed E-state index contributed by atoms with van der Waals surface area (Å²) >= 11 is 0. The van der Waals surface area contributed by atoms with E-state index in [9.17, 15) is 4.79 Å². The van der Waals surface area contributed by atoms with Crippen molar-refractivity contribution in [1.82, 2.24) is 9.78 Å². The van der Waals surface area contributed by atoms with E-state index >= 15 is 0 Å². The maximum absolute atomic E-state index is 11.2. The van der Waals surface area contributed by atoms with E-state index in [4.69, 9.17) is 14.9 Å². The molecule has 4 aromatic carbocycles. The molecule has 0 amide bonds. The van der Waals surface area contributed by atoms with Crippen molar-refractivity contribution in [3.63, 3.8) is 0 Å². The predicted molar refractivity (Wildman–Crippen MR) is 142 cm³/mol. The van der Waals surface area contributed by atoms with Crippen LogP contribution >= 0.6 is 0 Å². The third-order valence-electron chi connectivity index (χ3n) is 6.09. The molecular formula is C31H26N2O3. The number of rotatable bonds is 8.